The van der Waals surface area contributed by atoms with Gasteiger partial charge in [0.05, 0.1) is 17.3 Å². The zero-order chi connectivity index (χ0) is 13.2. The van der Waals surface area contributed by atoms with Gasteiger partial charge in [-0.3, -0.25) is 0 Å². The van der Waals surface area contributed by atoms with Crippen molar-refractivity contribution in [3.63, 3.8) is 0 Å². The molecule has 0 bridgehead atoms. The number of rotatable bonds is 2. The lowest BCUT2D eigenvalue weighted by molar-refractivity contribution is -0.137. The van der Waals surface area contributed by atoms with E-state index in [1.807, 2.05) is 5.40 Å². The van der Waals surface area contributed by atoms with Crippen molar-refractivity contribution in [2.75, 3.05) is 0 Å². The molecule has 0 radical (unpaired) electrons. The van der Waals surface area contributed by atoms with Crippen LogP contribution in [-0.4, -0.2) is 8.75 Å². The molecule has 0 aliphatic heterocycles. The predicted octanol–water partition coefficient (Wildman–Crippen LogP) is 3.80. The lowest BCUT2D eigenvalue weighted by atomic mass is 10.1. The molecule has 3 nitrogen and oxygen atoms in total. The summed E-state index contributed by atoms with van der Waals surface area (Å²) in [5.41, 5.74) is 0.221. The molecule has 0 N–H and O–H groups in total. The summed E-state index contributed by atoms with van der Waals surface area (Å²) >= 11 is 1.75. The molecule has 8 heteroatoms. The summed E-state index contributed by atoms with van der Waals surface area (Å²) in [6.45, 7) is 0. The molecule has 0 aliphatic carbocycles. The zero-order valence-electron chi connectivity index (χ0n) is 8.60. The van der Waals surface area contributed by atoms with Gasteiger partial charge in [-0.05, 0) is 12.1 Å². The molecular weight excluding hydrogens is 283 g/mol. The van der Waals surface area contributed by atoms with Gasteiger partial charge in [0.25, 0.3) is 0 Å². The summed E-state index contributed by atoms with van der Waals surface area (Å²) in [6, 6.07) is 4.60. The summed E-state index contributed by atoms with van der Waals surface area (Å²) in [6.07, 6.45) is -4.36. The Labute approximate surface area is 109 Å². The van der Waals surface area contributed by atoms with Crippen LogP contribution in [0.4, 0.5) is 13.2 Å². The van der Waals surface area contributed by atoms with E-state index in [-0.39, 0.29) is 0 Å². The van der Waals surface area contributed by atoms with Crippen molar-refractivity contribution >= 4 is 23.5 Å². The number of alkyl halides is 3. The quantitative estimate of drug-likeness (QED) is 0.622. The normalized spacial score (nSPS) is 11.2. The zero-order valence-corrected chi connectivity index (χ0v) is 10.2. The monoisotopic (exact) mass is 287 g/mol. The Morgan fingerprint density at radius 2 is 1.83 bits per heavy atom. The standard InChI is InChI=1S/C10H4F3N3S2/c11-10(12,13)7-3-1-6(2-4-7)8-9(17-5-14)16-18-15-8/h1-4H. The van der Waals surface area contributed by atoms with Crippen LogP contribution in [0.1, 0.15) is 5.56 Å². The van der Waals surface area contributed by atoms with Crippen LogP contribution in [0.25, 0.3) is 11.3 Å². The van der Waals surface area contributed by atoms with E-state index in [4.69, 9.17) is 5.26 Å². The van der Waals surface area contributed by atoms with Crippen LogP contribution in [0.2, 0.25) is 0 Å². The van der Waals surface area contributed by atoms with Crippen LogP contribution in [0.5, 0.6) is 0 Å². The van der Waals surface area contributed by atoms with E-state index in [0.717, 1.165) is 35.6 Å². The highest BCUT2D eigenvalue weighted by molar-refractivity contribution is 8.03. The minimum absolute atomic E-state index is 0.405. The maximum Gasteiger partial charge on any atom is 0.416 e. The van der Waals surface area contributed by atoms with Crippen molar-refractivity contribution in [3.05, 3.63) is 29.8 Å². The van der Waals surface area contributed by atoms with Gasteiger partial charge in [-0.1, -0.05) is 12.1 Å². The first-order valence-corrected chi connectivity index (χ1v) is 6.13. The maximum atomic E-state index is 12.4. The van der Waals surface area contributed by atoms with E-state index in [2.05, 4.69) is 8.75 Å². The average molecular weight is 287 g/mol. The Kier molecular flexibility index (Phi) is 3.54. The molecule has 1 aromatic carbocycles. The number of thiocyanates is 1. The molecule has 18 heavy (non-hydrogen) atoms. The second-order valence-corrected chi connectivity index (χ2v) is 4.49. The summed E-state index contributed by atoms with van der Waals surface area (Å²) in [5.74, 6) is 0. The van der Waals surface area contributed by atoms with Crippen LogP contribution in [0, 0.1) is 10.7 Å². The summed E-state index contributed by atoms with van der Waals surface area (Å²) < 4.78 is 45.0. The number of aromatic nitrogens is 2. The first kappa shape index (κ1) is 12.9. The first-order valence-electron chi connectivity index (χ1n) is 4.58. The van der Waals surface area contributed by atoms with Crippen LogP contribution in [0.3, 0.4) is 0 Å². The fourth-order valence-corrected chi connectivity index (χ4v) is 2.41. The van der Waals surface area contributed by atoms with Crippen molar-refractivity contribution in [2.24, 2.45) is 0 Å². The lowest BCUT2D eigenvalue weighted by Gasteiger charge is -2.06. The number of hydrogen-bond donors (Lipinski definition) is 0. The maximum absolute atomic E-state index is 12.4. The molecule has 0 unspecified atom stereocenters. The molecule has 2 aromatic rings. The van der Waals surface area contributed by atoms with Crippen molar-refractivity contribution in [3.8, 4) is 16.7 Å². The largest absolute Gasteiger partial charge is 0.416 e. The summed E-state index contributed by atoms with van der Waals surface area (Å²) in [7, 11) is 0. The van der Waals surface area contributed by atoms with Gasteiger partial charge < -0.3 is 0 Å². The van der Waals surface area contributed by atoms with Gasteiger partial charge in [0.2, 0.25) is 0 Å². The Hall–Kier alpha value is -1.59. The smallest absolute Gasteiger partial charge is 0.185 e. The number of benzene rings is 1. The molecule has 0 amide bonds. The molecular formula is C10H4F3N3S2. The third kappa shape index (κ3) is 2.63. The number of hydrogen-bond acceptors (Lipinski definition) is 5. The molecule has 0 atom stereocenters. The van der Waals surface area contributed by atoms with Crippen molar-refractivity contribution < 1.29 is 13.2 Å². The molecule has 0 spiro atoms. The van der Waals surface area contributed by atoms with Crippen LogP contribution in [-0.2, 0) is 6.18 Å². The minimum Gasteiger partial charge on any atom is -0.185 e. The van der Waals surface area contributed by atoms with Gasteiger partial charge in [0.1, 0.15) is 11.1 Å². The SMILES string of the molecule is N#CSc1nsnc1-c1ccc(C(F)(F)F)cc1. The fourth-order valence-electron chi connectivity index (χ4n) is 1.28. The van der Waals surface area contributed by atoms with Gasteiger partial charge in [-0.15, -0.1) is 0 Å². The predicted molar refractivity (Wildman–Crippen MR) is 61.8 cm³/mol. The van der Waals surface area contributed by atoms with Crippen molar-refractivity contribution in [2.45, 2.75) is 11.2 Å². The Balaban J connectivity index is 2.35. The fraction of sp³-hybridized carbons (Fsp3) is 0.100. The van der Waals surface area contributed by atoms with Crippen molar-refractivity contribution in [1.82, 2.24) is 8.75 Å². The lowest BCUT2D eigenvalue weighted by Crippen LogP contribution is -2.04. The minimum atomic E-state index is -4.36. The van der Waals surface area contributed by atoms with E-state index in [9.17, 15) is 13.2 Å². The molecule has 2 rings (SSSR count). The highest BCUT2D eigenvalue weighted by Crippen LogP contribution is 2.33. The molecule has 0 saturated heterocycles. The van der Waals surface area contributed by atoms with E-state index in [1.54, 1.807) is 0 Å². The molecule has 0 saturated carbocycles. The van der Waals surface area contributed by atoms with Gasteiger partial charge >= 0.3 is 6.18 Å². The summed E-state index contributed by atoms with van der Waals surface area (Å²) in [4.78, 5) is 0. The second-order valence-electron chi connectivity index (χ2n) is 3.19. The van der Waals surface area contributed by atoms with E-state index in [0.29, 0.717) is 16.3 Å². The van der Waals surface area contributed by atoms with E-state index < -0.39 is 11.7 Å². The number of nitriles is 1. The first-order chi connectivity index (χ1) is 8.52. The van der Waals surface area contributed by atoms with Crippen LogP contribution < -0.4 is 0 Å². The average Bonchev–Trinajstić information content (AvgIpc) is 2.77. The van der Waals surface area contributed by atoms with Gasteiger partial charge in [-0.2, -0.15) is 27.2 Å². The molecule has 0 fully saturated rings. The van der Waals surface area contributed by atoms with E-state index >= 15 is 0 Å². The van der Waals surface area contributed by atoms with Gasteiger partial charge in [0.15, 0.2) is 5.03 Å². The van der Waals surface area contributed by atoms with Crippen LogP contribution in [0.15, 0.2) is 29.3 Å². The third-order valence-electron chi connectivity index (χ3n) is 2.09. The van der Waals surface area contributed by atoms with Crippen molar-refractivity contribution in [1.29, 1.82) is 5.26 Å². The van der Waals surface area contributed by atoms with Gasteiger partial charge in [0, 0.05) is 17.3 Å². The van der Waals surface area contributed by atoms with Gasteiger partial charge in [-0.25, -0.2) is 0 Å². The number of nitrogens with zero attached hydrogens (tertiary/aromatic N) is 3. The number of thioether (sulfide) groups is 1. The van der Waals surface area contributed by atoms with Crippen LogP contribution >= 0.6 is 23.5 Å². The third-order valence-corrected chi connectivity index (χ3v) is 3.30. The molecule has 92 valence electrons. The highest BCUT2D eigenvalue weighted by atomic mass is 32.2. The number of halogens is 3. The Morgan fingerprint density at radius 1 is 1.17 bits per heavy atom. The molecule has 1 aromatic heterocycles. The molecule has 1 heterocycles. The van der Waals surface area contributed by atoms with E-state index in [1.165, 1.54) is 12.1 Å². The Bertz CT molecular complexity index is 584. The summed E-state index contributed by atoms with van der Waals surface area (Å²) in [5, 5.41) is 10.8. The highest BCUT2D eigenvalue weighted by Gasteiger charge is 2.30. The molecule has 0 aliphatic rings. The Morgan fingerprint density at radius 3 is 2.39 bits per heavy atom. The second kappa shape index (κ2) is 4.96. The topological polar surface area (TPSA) is 49.6 Å².